The topological polar surface area (TPSA) is 85.3 Å². The number of hydrogen-bond donors (Lipinski definition) is 1. The second-order valence-corrected chi connectivity index (χ2v) is 14.5. The number of cyclic esters (lactones) is 1. The minimum absolute atomic E-state index is 0.0170. The van der Waals surface area contributed by atoms with Crippen molar-refractivity contribution in [2.24, 2.45) is 0 Å². The Kier molecular flexibility index (Phi) is 4.27. The summed E-state index contributed by atoms with van der Waals surface area (Å²) in [6.45, 7) is 7.13. The van der Waals surface area contributed by atoms with Crippen LogP contribution < -0.4 is 14.7 Å². The monoisotopic (exact) mass is 451 g/mol. The zero-order valence-corrected chi connectivity index (χ0v) is 20.0. The van der Waals surface area contributed by atoms with Crippen LogP contribution in [0.15, 0.2) is 12.1 Å². The molecule has 0 atom stereocenters. The van der Waals surface area contributed by atoms with Crippen LogP contribution >= 0.6 is 0 Å². The van der Waals surface area contributed by atoms with Gasteiger partial charge in [-0.3, -0.25) is 4.79 Å². The van der Waals surface area contributed by atoms with Crippen molar-refractivity contribution >= 4 is 46.7 Å². The lowest BCUT2D eigenvalue weighted by Gasteiger charge is -2.23. The minimum atomic E-state index is -1.88. The number of rotatable bonds is 3. The third-order valence-corrected chi connectivity index (χ3v) is 8.51. The molecule has 2 aliphatic rings. The maximum absolute atomic E-state index is 13.1. The fraction of sp³-hybridized carbons (Fsp3) is 0.333. The number of amides is 1. The molecule has 0 unspecified atom stereocenters. The molecule has 0 saturated carbocycles. The lowest BCUT2D eigenvalue weighted by Crippen LogP contribution is -2.42. The van der Waals surface area contributed by atoms with Crippen LogP contribution in [0.3, 0.4) is 0 Å². The number of fused-ring (bicyclic) bond motifs is 5. The third-order valence-electron chi connectivity index (χ3n) is 6.50. The molecule has 0 aliphatic carbocycles. The van der Waals surface area contributed by atoms with Crippen molar-refractivity contribution in [3.8, 4) is 17.2 Å². The van der Waals surface area contributed by atoms with Crippen LogP contribution in [-0.4, -0.2) is 51.2 Å². The number of benzene rings is 3. The van der Waals surface area contributed by atoms with E-state index in [1.165, 1.54) is 14.2 Å². The fourth-order valence-electron chi connectivity index (χ4n) is 5.08. The zero-order valence-electron chi connectivity index (χ0n) is 19.0. The van der Waals surface area contributed by atoms with Crippen LogP contribution in [0.4, 0.5) is 0 Å². The Morgan fingerprint density at radius 3 is 2.31 bits per heavy atom. The Morgan fingerprint density at radius 2 is 1.69 bits per heavy atom. The lowest BCUT2D eigenvalue weighted by atomic mass is 9.92. The van der Waals surface area contributed by atoms with Crippen LogP contribution in [0.1, 0.15) is 31.8 Å². The first-order valence-corrected chi connectivity index (χ1v) is 13.9. The van der Waals surface area contributed by atoms with Crippen LogP contribution in [-0.2, 0) is 17.9 Å². The van der Waals surface area contributed by atoms with Crippen molar-refractivity contribution < 1.29 is 28.9 Å². The van der Waals surface area contributed by atoms with Gasteiger partial charge in [-0.15, -0.1) is 0 Å². The van der Waals surface area contributed by atoms with E-state index < -0.39 is 14.0 Å². The van der Waals surface area contributed by atoms with Crippen LogP contribution in [0.5, 0.6) is 17.2 Å². The average molecular weight is 452 g/mol. The Balaban J connectivity index is 2.03. The maximum Gasteiger partial charge on any atom is 0.342 e. The molecule has 0 bridgehead atoms. The lowest BCUT2D eigenvalue weighted by molar-refractivity contribution is 0.0532. The fourth-order valence-corrected chi connectivity index (χ4v) is 6.67. The molecule has 0 aromatic heterocycles. The molecule has 1 amide bonds. The van der Waals surface area contributed by atoms with Gasteiger partial charge in [-0.25, -0.2) is 4.79 Å². The quantitative estimate of drug-likeness (QED) is 0.373. The highest BCUT2D eigenvalue weighted by molar-refractivity contribution is 6.89. The second-order valence-electron chi connectivity index (χ2n) is 9.43. The predicted octanol–water partition coefficient (Wildman–Crippen LogP) is 3.52. The first kappa shape index (κ1) is 20.6. The number of carbonyl (C=O) groups is 2. The smallest absolute Gasteiger partial charge is 0.342 e. The Morgan fingerprint density at radius 1 is 1.00 bits per heavy atom. The van der Waals surface area contributed by atoms with Crippen LogP contribution in [0, 0.1) is 0 Å². The molecule has 0 fully saturated rings. The van der Waals surface area contributed by atoms with Crippen molar-refractivity contribution in [2.75, 3.05) is 21.3 Å². The normalized spacial score (nSPS) is 15.4. The highest BCUT2D eigenvalue weighted by atomic mass is 28.3. The number of esters is 1. The number of phenolic OH excluding ortho intramolecular Hbond substituents is 1. The summed E-state index contributed by atoms with van der Waals surface area (Å²) in [4.78, 5) is 27.2. The van der Waals surface area contributed by atoms with Crippen molar-refractivity contribution in [3.05, 3.63) is 34.4 Å². The van der Waals surface area contributed by atoms with Gasteiger partial charge in [0, 0.05) is 29.9 Å². The number of methoxy groups -OCH3 is 2. The van der Waals surface area contributed by atoms with E-state index in [9.17, 15) is 14.7 Å². The molecule has 32 heavy (non-hydrogen) atoms. The van der Waals surface area contributed by atoms with Gasteiger partial charge < -0.3 is 24.2 Å². The summed E-state index contributed by atoms with van der Waals surface area (Å²) in [5.74, 6) is 0.198. The Hall–Kier alpha value is -3.26. The highest BCUT2D eigenvalue weighted by Crippen LogP contribution is 2.50. The number of nitrogens with zero attached hydrogens (tertiary/aromatic N) is 1. The van der Waals surface area contributed by atoms with Gasteiger partial charge in [0.2, 0.25) is 0 Å². The molecular formula is C24H25NO6Si. The molecule has 3 aromatic carbocycles. The maximum atomic E-state index is 13.1. The molecule has 3 aromatic rings. The zero-order chi connectivity index (χ0) is 23.1. The van der Waals surface area contributed by atoms with E-state index in [-0.39, 0.29) is 29.6 Å². The third kappa shape index (κ3) is 2.53. The first-order valence-electron chi connectivity index (χ1n) is 10.4. The molecule has 7 nitrogen and oxygen atoms in total. The summed E-state index contributed by atoms with van der Waals surface area (Å²) >= 11 is 0. The molecule has 2 heterocycles. The van der Waals surface area contributed by atoms with E-state index in [1.54, 1.807) is 11.9 Å². The van der Waals surface area contributed by atoms with E-state index in [0.29, 0.717) is 39.6 Å². The van der Waals surface area contributed by atoms with Gasteiger partial charge in [0.1, 0.15) is 29.4 Å². The van der Waals surface area contributed by atoms with Crippen molar-refractivity contribution in [2.45, 2.75) is 32.8 Å². The van der Waals surface area contributed by atoms with Gasteiger partial charge >= 0.3 is 5.97 Å². The van der Waals surface area contributed by atoms with E-state index in [4.69, 9.17) is 14.2 Å². The minimum Gasteiger partial charge on any atom is -0.506 e. The summed E-state index contributed by atoms with van der Waals surface area (Å²) < 4.78 is 16.6. The number of ether oxygens (including phenoxy) is 3. The molecule has 0 spiro atoms. The molecule has 0 radical (unpaired) electrons. The van der Waals surface area contributed by atoms with Gasteiger partial charge in [-0.1, -0.05) is 25.7 Å². The summed E-state index contributed by atoms with van der Waals surface area (Å²) in [6.07, 6.45) is 0. The van der Waals surface area contributed by atoms with E-state index in [2.05, 4.69) is 19.6 Å². The molecule has 8 heteroatoms. The summed E-state index contributed by atoms with van der Waals surface area (Å²) in [6, 6.07) is 4.00. The molecule has 0 saturated heterocycles. The van der Waals surface area contributed by atoms with E-state index in [1.807, 2.05) is 12.1 Å². The standard InChI is InChI=1S/C24H25NO6Si/c1-25-9-13-16-11(8-15(32(4,5)6)17(13)23(25)27)7-12-18(20(16)26)22(30-3)19-14(21(12)29-2)10-31-24(19)28/h7-8,26H,9-10H2,1-6H3. The number of hydrogen-bond acceptors (Lipinski definition) is 6. The van der Waals surface area contributed by atoms with Crippen LogP contribution in [0.25, 0.3) is 21.5 Å². The highest BCUT2D eigenvalue weighted by Gasteiger charge is 2.37. The van der Waals surface area contributed by atoms with Gasteiger partial charge in [-0.2, -0.15) is 0 Å². The second kappa shape index (κ2) is 6.62. The van der Waals surface area contributed by atoms with Crippen molar-refractivity contribution in [1.82, 2.24) is 4.90 Å². The Bertz CT molecular complexity index is 1370. The number of carbonyl (C=O) groups excluding carboxylic acids is 2. The van der Waals surface area contributed by atoms with Crippen molar-refractivity contribution in [1.29, 1.82) is 0 Å². The molecule has 5 rings (SSSR count). The molecular weight excluding hydrogens is 426 g/mol. The van der Waals surface area contributed by atoms with Gasteiger partial charge in [0.15, 0.2) is 0 Å². The molecule has 166 valence electrons. The summed E-state index contributed by atoms with van der Waals surface area (Å²) in [7, 11) is 2.89. The molecule has 1 N–H and O–H groups in total. The first-order chi connectivity index (χ1) is 15.1. The Labute approximate surface area is 186 Å². The average Bonchev–Trinajstić information content (AvgIpc) is 3.25. The van der Waals surface area contributed by atoms with Crippen molar-refractivity contribution in [3.63, 3.8) is 0 Å². The molecule has 2 aliphatic heterocycles. The van der Waals surface area contributed by atoms with Gasteiger partial charge in [-0.05, 0) is 22.2 Å². The van der Waals surface area contributed by atoms with E-state index >= 15 is 0 Å². The van der Waals surface area contributed by atoms with Gasteiger partial charge in [0.25, 0.3) is 5.91 Å². The summed E-state index contributed by atoms with van der Waals surface area (Å²) in [5, 5.41) is 15.1. The number of phenols is 1. The predicted molar refractivity (Wildman–Crippen MR) is 124 cm³/mol. The largest absolute Gasteiger partial charge is 0.506 e. The van der Waals surface area contributed by atoms with Gasteiger partial charge in [0.05, 0.1) is 33.2 Å². The SMILES string of the molecule is COc1c2c(c(OC)c3c(O)c4c5c(c([Si](C)(C)C)cc4cc13)C(=O)N(C)C5)C(=O)OC2. The van der Waals surface area contributed by atoms with Crippen LogP contribution in [0.2, 0.25) is 19.6 Å². The summed E-state index contributed by atoms with van der Waals surface area (Å²) in [5.41, 5.74) is 2.40. The number of aromatic hydroxyl groups is 1. The van der Waals surface area contributed by atoms with E-state index in [0.717, 1.165) is 16.1 Å².